The molecule has 0 N–H and O–H groups in total. The molecule has 258 valence electrons. The quantitative estimate of drug-likeness (QED) is 0.164. The van der Waals surface area contributed by atoms with Gasteiger partial charge in [0.05, 0.1) is 11.4 Å². The lowest BCUT2D eigenvalue weighted by Gasteiger charge is -2.10. The largest absolute Gasteiger partial charge is 0.228 e. The van der Waals surface area contributed by atoms with Crippen LogP contribution >= 0.6 is 11.3 Å². The molecule has 0 aliphatic rings. The van der Waals surface area contributed by atoms with Crippen LogP contribution in [0.5, 0.6) is 0 Å². The predicted molar refractivity (Wildman–Crippen MR) is 226 cm³/mol. The van der Waals surface area contributed by atoms with E-state index in [0.29, 0.717) is 23.3 Å². The van der Waals surface area contributed by atoms with Gasteiger partial charge in [0.25, 0.3) is 0 Å². The first-order valence-corrected chi connectivity index (χ1v) is 19.0. The standard InChI is InChI=1S/C49H31N5S/c1-5-14-32(15-6-1)33-24-26-34(27-25-33)42-31-43(51-46(50-42)35-16-7-2-8-17-35)38-28-29-39-40-22-13-23-41(45(40)55-44(39)30-38)49-53-47(36-18-9-3-10-19-36)52-48(54-49)37-20-11-4-12-21-37/h1-31H. The van der Waals surface area contributed by atoms with E-state index in [9.17, 15) is 0 Å². The highest BCUT2D eigenvalue weighted by Crippen LogP contribution is 2.41. The number of nitrogens with zero attached hydrogens (tertiary/aromatic N) is 5. The smallest absolute Gasteiger partial charge is 0.165 e. The highest BCUT2D eigenvalue weighted by Gasteiger charge is 2.18. The maximum atomic E-state index is 5.13. The maximum absolute atomic E-state index is 5.13. The number of thiophene rings is 1. The van der Waals surface area contributed by atoms with Crippen molar-refractivity contribution in [3.8, 4) is 79.2 Å². The van der Waals surface area contributed by atoms with Gasteiger partial charge in [-0.15, -0.1) is 11.3 Å². The average molecular weight is 722 g/mol. The van der Waals surface area contributed by atoms with Crippen LogP contribution in [-0.2, 0) is 0 Å². The van der Waals surface area contributed by atoms with Crippen LogP contribution in [0, 0.1) is 0 Å². The SMILES string of the molecule is c1ccc(-c2ccc(-c3cc(-c4ccc5c(c4)sc4c(-c6nc(-c7ccccc7)nc(-c7ccccc7)n6)cccc45)nc(-c4ccccc4)n3)cc2)cc1. The first kappa shape index (κ1) is 32.5. The second kappa shape index (κ2) is 14.0. The van der Waals surface area contributed by atoms with Crippen molar-refractivity contribution in [3.05, 3.63) is 188 Å². The Bertz CT molecular complexity index is 2890. The summed E-state index contributed by atoms with van der Waals surface area (Å²) >= 11 is 1.75. The third kappa shape index (κ3) is 6.35. The van der Waals surface area contributed by atoms with E-state index in [-0.39, 0.29) is 0 Å². The molecule has 5 nitrogen and oxygen atoms in total. The van der Waals surface area contributed by atoms with Crippen LogP contribution in [0.2, 0.25) is 0 Å². The summed E-state index contributed by atoms with van der Waals surface area (Å²) in [6, 6.07) is 64.6. The summed E-state index contributed by atoms with van der Waals surface area (Å²) in [6.45, 7) is 0. The molecule has 3 aromatic heterocycles. The second-order valence-corrected chi connectivity index (χ2v) is 14.4. The van der Waals surface area contributed by atoms with Crippen molar-refractivity contribution in [2.45, 2.75) is 0 Å². The van der Waals surface area contributed by atoms with Gasteiger partial charge in [0, 0.05) is 53.6 Å². The van der Waals surface area contributed by atoms with Gasteiger partial charge in [-0.1, -0.05) is 170 Å². The molecular formula is C49H31N5S. The molecule has 0 aliphatic heterocycles. The monoisotopic (exact) mass is 721 g/mol. The Labute approximate surface area is 322 Å². The number of benzene rings is 7. The summed E-state index contributed by atoms with van der Waals surface area (Å²) in [5, 5.41) is 2.35. The van der Waals surface area contributed by atoms with Crippen LogP contribution in [0.3, 0.4) is 0 Å². The molecule has 0 fully saturated rings. The van der Waals surface area contributed by atoms with Gasteiger partial charge in [0.1, 0.15) is 0 Å². The number of hydrogen-bond donors (Lipinski definition) is 0. The van der Waals surface area contributed by atoms with Gasteiger partial charge in [-0.25, -0.2) is 24.9 Å². The summed E-state index contributed by atoms with van der Waals surface area (Å²) in [5.41, 5.74) is 10.0. The molecule has 10 aromatic rings. The van der Waals surface area contributed by atoms with Crippen molar-refractivity contribution in [2.75, 3.05) is 0 Å². The molecule has 10 rings (SSSR count). The van der Waals surface area contributed by atoms with Crippen LogP contribution < -0.4 is 0 Å². The summed E-state index contributed by atoms with van der Waals surface area (Å²) in [6.07, 6.45) is 0. The van der Waals surface area contributed by atoms with Crippen molar-refractivity contribution in [1.29, 1.82) is 0 Å². The molecule has 0 radical (unpaired) electrons. The molecule has 0 saturated heterocycles. The molecular weight excluding hydrogens is 691 g/mol. The van der Waals surface area contributed by atoms with E-state index in [1.165, 1.54) is 21.9 Å². The van der Waals surface area contributed by atoms with E-state index in [4.69, 9.17) is 24.9 Å². The van der Waals surface area contributed by atoms with Gasteiger partial charge in [0.2, 0.25) is 0 Å². The zero-order chi connectivity index (χ0) is 36.6. The van der Waals surface area contributed by atoms with Crippen molar-refractivity contribution in [2.24, 2.45) is 0 Å². The molecule has 6 heteroatoms. The minimum Gasteiger partial charge on any atom is -0.228 e. The predicted octanol–water partition coefficient (Wildman–Crippen LogP) is 12.7. The Kier molecular flexibility index (Phi) is 8.28. The Hall–Kier alpha value is -7.15. The van der Waals surface area contributed by atoms with Gasteiger partial charge in [0.15, 0.2) is 23.3 Å². The molecule has 55 heavy (non-hydrogen) atoms. The van der Waals surface area contributed by atoms with Crippen molar-refractivity contribution >= 4 is 31.5 Å². The van der Waals surface area contributed by atoms with E-state index in [1.54, 1.807) is 11.3 Å². The van der Waals surface area contributed by atoms with E-state index in [0.717, 1.165) is 54.2 Å². The third-order valence-electron chi connectivity index (χ3n) is 9.78. The van der Waals surface area contributed by atoms with Crippen LogP contribution in [0.1, 0.15) is 0 Å². The lowest BCUT2D eigenvalue weighted by molar-refractivity contribution is 1.08. The van der Waals surface area contributed by atoms with Crippen molar-refractivity contribution in [3.63, 3.8) is 0 Å². The number of rotatable bonds is 7. The molecule has 0 bridgehead atoms. The average Bonchev–Trinajstić information content (AvgIpc) is 3.66. The molecule has 0 aliphatic carbocycles. The Morgan fingerprint density at radius 2 is 0.745 bits per heavy atom. The third-order valence-corrected chi connectivity index (χ3v) is 11.0. The van der Waals surface area contributed by atoms with Gasteiger partial charge in [-0.05, 0) is 29.3 Å². The van der Waals surface area contributed by atoms with E-state index >= 15 is 0 Å². The molecule has 0 atom stereocenters. The highest BCUT2D eigenvalue weighted by molar-refractivity contribution is 7.26. The molecule has 0 unspecified atom stereocenters. The fraction of sp³-hybridized carbons (Fsp3) is 0. The topological polar surface area (TPSA) is 64.5 Å². The highest BCUT2D eigenvalue weighted by atomic mass is 32.1. The lowest BCUT2D eigenvalue weighted by atomic mass is 10.0. The van der Waals surface area contributed by atoms with Crippen molar-refractivity contribution in [1.82, 2.24) is 24.9 Å². The molecule has 0 amide bonds. The van der Waals surface area contributed by atoms with Crippen LogP contribution in [0.4, 0.5) is 0 Å². The van der Waals surface area contributed by atoms with Crippen LogP contribution in [-0.4, -0.2) is 24.9 Å². The van der Waals surface area contributed by atoms with Gasteiger partial charge >= 0.3 is 0 Å². The van der Waals surface area contributed by atoms with Gasteiger partial charge in [-0.2, -0.15) is 0 Å². The Morgan fingerprint density at radius 1 is 0.291 bits per heavy atom. The zero-order valence-electron chi connectivity index (χ0n) is 29.5. The molecule has 0 spiro atoms. The van der Waals surface area contributed by atoms with E-state index < -0.39 is 0 Å². The summed E-state index contributed by atoms with van der Waals surface area (Å²) < 4.78 is 2.29. The Morgan fingerprint density at radius 3 is 1.33 bits per heavy atom. The van der Waals surface area contributed by atoms with Crippen molar-refractivity contribution < 1.29 is 0 Å². The fourth-order valence-electron chi connectivity index (χ4n) is 6.99. The van der Waals surface area contributed by atoms with Crippen LogP contribution in [0.15, 0.2) is 188 Å². The zero-order valence-corrected chi connectivity index (χ0v) is 30.4. The van der Waals surface area contributed by atoms with Crippen LogP contribution in [0.25, 0.3) is 99.4 Å². The number of aromatic nitrogens is 5. The summed E-state index contributed by atoms with van der Waals surface area (Å²) in [7, 11) is 0. The molecule has 0 saturated carbocycles. The van der Waals surface area contributed by atoms with Gasteiger partial charge < -0.3 is 0 Å². The lowest BCUT2D eigenvalue weighted by Crippen LogP contribution is -2.00. The van der Waals surface area contributed by atoms with Gasteiger partial charge in [-0.3, -0.25) is 0 Å². The number of hydrogen-bond acceptors (Lipinski definition) is 6. The maximum Gasteiger partial charge on any atom is 0.165 e. The second-order valence-electron chi connectivity index (χ2n) is 13.3. The molecule has 7 aromatic carbocycles. The fourth-order valence-corrected chi connectivity index (χ4v) is 8.24. The number of fused-ring (bicyclic) bond motifs is 3. The van der Waals surface area contributed by atoms with E-state index in [1.807, 2.05) is 84.9 Å². The first-order valence-electron chi connectivity index (χ1n) is 18.2. The minimum atomic E-state index is 0.647. The minimum absolute atomic E-state index is 0.647. The summed E-state index contributed by atoms with van der Waals surface area (Å²) in [4.78, 5) is 25.2. The molecule has 3 heterocycles. The summed E-state index contributed by atoms with van der Waals surface area (Å²) in [5.74, 6) is 2.63. The Balaban J connectivity index is 1.09. The van der Waals surface area contributed by atoms with E-state index in [2.05, 4.69) is 103 Å². The first-order chi connectivity index (χ1) is 27.2. The normalized spacial score (nSPS) is 11.3.